The summed E-state index contributed by atoms with van der Waals surface area (Å²) >= 11 is 0. The predicted octanol–water partition coefficient (Wildman–Crippen LogP) is 2.99. The minimum Gasteiger partial charge on any atom is -0.489 e. The highest BCUT2D eigenvalue weighted by Crippen LogP contribution is 2.22. The Hall–Kier alpha value is -1.03. The molecule has 0 unspecified atom stereocenters. The molecule has 0 saturated carbocycles. The molecule has 1 aromatic rings. The zero-order valence-electron chi connectivity index (χ0n) is 12.3. The van der Waals surface area contributed by atoms with Crippen molar-refractivity contribution in [1.29, 1.82) is 0 Å². The summed E-state index contributed by atoms with van der Waals surface area (Å²) in [5, 5.41) is 0. The maximum Gasteiger partial charge on any atom is 0.125 e. The summed E-state index contributed by atoms with van der Waals surface area (Å²) < 4.78 is 11.1. The van der Waals surface area contributed by atoms with Crippen LogP contribution in [0.2, 0.25) is 0 Å². The minimum atomic E-state index is 0. The molecule has 0 aromatic heterocycles. The van der Waals surface area contributed by atoms with E-state index >= 15 is 0 Å². The Morgan fingerprint density at radius 2 is 1.80 bits per heavy atom. The highest BCUT2D eigenvalue weighted by Gasteiger charge is 2.07. The van der Waals surface area contributed by atoms with E-state index in [4.69, 9.17) is 9.47 Å². The summed E-state index contributed by atoms with van der Waals surface area (Å²) in [4.78, 5) is 2.39. The highest BCUT2D eigenvalue weighted by molar-refractivity contribution is 5.85. The lowest BCUT2D eigenvalue weighted by atomic mass is 10.1. The van der Waals surface area contributed by atoms with Gasteiger partial charge in [-0.05, 0) is 25.0 Å². The standard InChI is InChI=1S/C16H23NO2.ClH/c1-14-6-5-7-15(2)16(14)19-11-4-3-8-17-9-12-18-13-10-17;/h3-7H,8-13H2,1-2H3;1H/b4-3+;. The smallest absolute Gasteiger partial charge is 0.125 e. The molecule has 1 fully saturated rings. The molecule has 1 aliphatic rings. The van der Waals surface area contributed by atoms with Gasteiger partial charge in [0.1, 0.15) is 12.4 Å². The summed E-state index contributed by atoms with van der Waals surface area (Å²) in [5.74, 6) is 1.01. The fourth-order valence-electron chi connectivity index (χ4n) is 2.23. The van der Waals surface area contributed by atoms with Gasteiger partial charge in [0, 0.05) is 19.6 Å². The first-order valence-corrected chi connectivity index (χ1v) is 6.91. The fraction of sp³-hybridized carbons (Fsp3) is 0.500. The molecule has 4 heteroatoms. The topological polar surface area (TPSA) is 21.7 Å². The van der Waals surface area contributed by atoms with E-state index in [1.54, 1.807) is 0 Å². The van der Waals surface area contributed by atoms with Crippen LogP contribution in [0.3, 0.4) is 0 Å². The van der Waals surface area contributed by atoms with Crippen molar-refractivity contribution in [2.75, 3.05) is 39.5 Å². The molecule has 2 rings (SSSR count). The first-order valence-electron chi connectivity index (χ1n) is 6.91. The lowest BCUT2D eigenvalue weighted by Crippen LogP contribution is -2.36. The molecule has 0 bridgehead atoms. The van der Waals surface area contributed by atoms with Gasteiger partial charge in [0.25, 0.3) is 0 Å². The predicted molar refractivity (Wildman–Crippen MR) is 85.1 cm³/mol. The summed E-state index contributed by atoms with van der Waals surface area (Å²) in [5.41, 5.74) is 2.39. The molecule has 20 heavy (non-hydrogen) atoms. The average Bonchev–Trinajstić information content (AvgIpc) is 2.42. The van der Waals surface area contributed by atoms with E-state index in [2.05, 4.69) is 49.1 Å². The maximum absolute atomic E-state index is 5.83. The van der Waals surface area contributed by atoms with Gasteiger partial charge in [0.2, 0.25) is 0 Å². The fourth-order valence-corrected chi connectivity index (χ4v) is 2.23. The van der Waals surface area contributed by atoms with Gasteiger partial charge < -0.3 is 9.47 Å². The van der Waals surface area contributed by atoms with E-state index in [0.29, 0.717) is 6.61 Å². The van der Waals surface area contributed by atoms with E-state index in [1.807, 2.05) is 0 Å². The number of ether oxygens (including phenoxy) is 2. The molecule has 0 aliphatic carbocycles. The first kappa shape index (κ1) is 17.0. The van der Waals surface area contributed by atoms with Crippen molar-refractivity contribution in [1.82, 2.24) is 4.90 Å². The zero-order chi connectivity index (χ0) is 13.5. The van der Waals surface area contributed by atoms with Crippen molar-refractivity contribution in [3.05, 3.63) is 41.5 Å². The largest absolute Gasteiger partial charge is 0.489 e. The Bertz CT molecular complexity index is 408. The number of para-hydroxylation sites is 1. The lowest BCUT2D eigenvalue weighted by Gasteiger charge is -2.25. The van der Waals surface area contributed by atoms with Gasteiger partial charge in [-0.25, -0.2) is 0 Å². The Morgan fingerprint density at radius 1 is 1.15 bits per heavy atom. The summed E-state index contributed by atoms with van der Waals surface area (Å²) in [6.07, 6.45) is 4.28. The monoisotopic (exact) mass is 297 g/mol. The molecule has 1 aromatic carbocycles. The van der Waals surface area contributed by atoms with Crippen LogP contribution in [-0.4, -0.2) is 44.4 Å². The molecule has 0 radical (unpaired) electrons. The molecule has 1 aliphatic heterocycles. The van der Waals surface area contributed by atoms with Crippen LogP contribution in [0.5, 0.6) is 5.75 Å². The third-order valence-corrected chi connectivity index (χ3v) is 3.37. The molecule has 0 amide bonds. The second-order valence-corrected chi connectivity index (χ2v) is 4.92. The third kappa shape index (κ3) is 5.16. The number of aryl methyl sites for hydroxylation is 2. The number of nitrogens with zero attached hydrogens (tertiary/aromatic N) is 1. The lowest BCUT2D eigenvalue weighted by molar-refractivity contribution is 0.0434. The number of morpholine rings is 1. The van der Waals surface area contributed by atoms with E-state index < -0.39 is 0 Å². The minimum absolute atomic E-state index is 0. The van der Waals surface area contributed by atoms with Crippen LogP contribution in [0.25, 0.3) is 0 Å². The number of hydrogen-bond donors (Lipinski definition) is 0. The number of rotatable bonds is 5. The average molecular weight is 298 g/mol. The Kier molecular flexibility index (Phi) is 7.67. The summed E-state index contributed by atoms with van der Waals surface area (Å²) in [7, 11) is 0. The van der Waals surface area contributed by atoms with Crippen molar-refractivity contribution < 1.29 is 9.47 Å². The first-order chi connectivity index (χ1) is 9.27. The van der Waals surface area contributed by atoms with Gasteiger partial charge in [-0.1, -0.05) is 30.4 Å². The van der Waals surface area contributed by atoms with Crippen molar-refractivity contribution in [2.45, 2.75) is 13.8 Å². The second-order valence-electron chi connectivity index (χ2n) is 4.92. The van der Waals surface area contributed by atoms with Crippen LogP contribution in [0.15, 0.2) is 30.4 Å². The van der Waals surface area contributed by atoms with Crippen LogP contribution < -0.4 is 4.74 Å². The van der Waals surface area contributed by atoms with Crippen LogP contribution in [-0.2, 0) is 4.74 Å². The van der Waals surface area contributed by atoms with E-state index in [0.717, 1.165) is 38.6 Å². The molecule has 1 heterocycles. The maximum atomic E-state index is 5.83. The van der Waals surface area contributed by atoms with Gasteiger partial charge in [-0.2, -0.15) is 0 Å². The molecule has 3 nitrogen and oxygen atoms in total. The summed E-state index contributed by atoms with van der Waals surface area (Å²) in [6, 6.07) is 6.23. The SMILES string of the molecule is Cc1cccc(C)c1OC/C=C/CN1CCOCC1.Cl. The van der Waals surface area contributed by atoms with Gasteiger partial charge in [0.05, 0.1) is 13.2 Å². The van der Waals surface area contributed by atoms with E-state index in [1.165, 1.54) is 11.1 Å². The van der Waals surface area contributed by atoms with Crippen molar-refractivity contribution in [3.8, 4) is 5.75 Å². The highest BCUT2D eigenvalue weighted by atomic mass is 35.5. The molecule has 0 spiro atoms. The molecule has 1 saturated heterocycles. The van der Waals surface area contributed by atoms with E-state index in [9.17, 15) is 0 Å². The number of hydrogen-bond acceptors (Lipinski definition) is 3. The van der Waals surface area contributed by atoms with Gasteiger partial charge in [0.15, 0.2) is 0 Å². The molecule has 112 valence electrons. The van der Waals surface area contributed by atoms with E-state index in [-0.39, 0.29) is 12.4 Å². The van der Waals surface area contributed by atoms with Crippen LogP contribution in [0, 0.1) is 13.8 Å². The molecule has 0 N–H and O–H groups in total. The van der Waals surface area contributed by atoms with Gasteiger partial charge >= 0.3 is 0 Å². The molecule has 0 atom stereocenters. The van der Waals surface area contributed by atoms with Crippen LogP contribution in [0.1, 0.15) is 11.1 Å². The van der Waals surface area contributed by atoms with Gasteiger partial charge in [-0.15, -0.1) is 12.4 Å². The molecular weight excluding hydrogens is 274 g/mol. The van der Waals surface area contributed by atoms with Crippen molar-refractivity contribution >= 4 is 12.4 Å². The van der Waals surface area contributed by atoms with Crippen LogP contribution in [0.4, 0.5) is 0 Å². The third-order valence-electron chi connectivity index (χ3n) is 3.37. The summed E-state index contributed by atoms with van der Waals surface area (Å²) in [6.45, 7) is 9.55. The second kappa shape index (κ2) is 9.01. The van der Waals surface area contributed by atoms with Crippen molar-refractivity contribution in [3.63, 3.8) is 0 Å². The van der Waals surface area contributed by atoms with Crippen LogP contribution >= 0.6 is 12.4 Å². The zero-order valence-corrected chi connectivity index (χ0v) is 13.1. The Labute approximate surface area is 128 Å². The Morgan fingerprint density at radius 3 is 2.45 bits per heavy atom. The van der Waals surface area contributed by atoms with Gasteiger partial charge in [-0.3, -0.25) is 4.90 Å². The number of halogens is 1. The molecular formula is C16H24ClNO2. The normalized spacial score (nSPS) is 16.1. The quantitative estimate of drug-likeness (QED) is 0.780. The van der Waals surface area contributed by atoms with Crippen molar-refractivity contribution in [2.24, 2.45) is 0 Å². The number of benzene rings is 1. The Balaban J connectivity index is 0.00000200.